The first kappa shape index (κ1) is 13.5. The molecule has 17 heavy (non-hydrogen) atoms. The zero-order chi connectivity index (χ0) is 12.7. The van der Waals surface area contributed by atoms with Gasteiger partial charge in [-0.15, -0.1) is 0 Å². The predicted octanol–water partition coefficient (Wildman–Crippen LogP) is 1.47. The molecule has 0 radical (unpaired) electrons. The van der Waals surface area contributed by atoms with E-state index in [4.69, 9.17) is 10.8 Å². The van der Waals surface area contributed by atoms with Crippen molar-refractivity contribution in [2.45, 2.75) is 26.2 Å². The molecule has 0 saturated heterocycles. The maximum absolute atomic E-state index is 11.9. The number of aliphatic hydroxyl groups excluding tert-OH is 1. The van der Waals surface area contributed by atoms with E-state index >= 15 is 0 Å². The molecule has 0 spiro atoms. The molecule has 4 nitrogen and oxygen atoms in total. The number of unbranched alkanes of at least 4 members (excludes halogenated alkanes) is 2. The van der Waals surface area contributed by atoms with Crippen LogP contribution in [-0.4, -0.2) is 24.2 Å². The van der Waals surface area contributed by atoms with E-state index in [1.54, 1.807) is 6.07 Å². The maximum Gasteiger partial charge on any atom is 0.253 e. The molecule has 0 aliphatic rings. The van der Waals surface area contributed by atoms with Crippen molar-refractivity contribution in [2.75, 3.05) is 18.9 Å². The van der Waals surface area contributed by atoms with Crippen molar-refractivity contribution >= 4 is 11.6 Å². The second kappa shape index (κ2) is 6.91. The summed E-state index contributed by atoms with van der Waals surface area (Å²) in [6, 6.07) is 5.44. The fourth-order valence-electron chi connectivity index (χ4n) is 1.70. The fourth-order valence-corrected chi connectivity index (χ4v) is 1.70. The van der Waals surface area contributed by atoms with Gasteiger partial charge < -0.3 is 16.2 Å². The van der Waals surface area contributed by atoms with Gasteiger partial charge in [0.15, 0.2) is 0 Å². The number of carbonyl (C=O) groups is 1. The highest BCUT2D eigenvalue weighted by molar-refractivity contribution is 6.00. The van der Waals surface area contributed by atoms with Crippen LogP contribution in [0.4, 0.5) is 5.69 Å². The number of carbonyl (C=O) groups excluding carboxylic acids is 1. The van der Waals surface area contributed by atoms with E-state index in [-0.39, 0.29) is 12.5 Å². The second-order valence-electron chi connectivity index (χ2n) is 4.08. The van der Waals surface area contributed by atoms with E-state index in [0.717, 1.165) is 24.8 Å². The Labute approximate surface area is 102 Å². The third-order valence-electron chi connectivity index (χ3n) is 2.65. The Morgan fingerprint density at radius 2 is 2.12 bits per heavy atom. The van der Waals surface area contributed by atoms with Gasteiger partial charge in [-0.3, -0.25) is 4.79 Å². The summed E-state index contributed by atoms with van der Waals surface area (Å²) >= 11 is 0. The van der Waals surface area contributed by atoms with Gasteiger partial charge in [-0.2, -0.15) is 0 Å². The van der Waals surface area contributed by atoms with Crippen molar-refractivity contribution in [1.29, 1.82) is 0 Å². The monoisotopic (exact) mass is 236 g/mol. The Hall–Kier alpha value is -1.55. The van der Waals surface area contributed by atoms with Crippen LogP contribution < -0.4 is 11.1 Å². The topological polar surface area (TPSA) is 75.4 Å². The lowest BCUT2D eigenvalue weighted by atomic mass is 10.1. The van der Waals surface area contributed by atoms with Gasteiger partial charge in [0.25, 0.3) is 5.91 Å². The quantitative estimate of drug-likeness (QED) is 0.517. The van der Waals surface area contributed by atoms with Crippen LogP contribution in [-0.2, 0) is 0 Å². The Balaban J connectivity index is 2.47. The number of aryl methyl sites for hydroxylation is 1. The lowest BCUT2D eigenvalue weighted by Gasteiger charge is -2.09. The van der Waals surface area contributed by atoms with Crippen LogP contribution in [0.1, 0.15) is 35.2 Å². The number of nitrogens with one attached hydrogen (secondary N) is 1. The first-order chi connectivity index (χ1) is 8.16. The zero-order valence-electron chi connectivity index (χ0n) is 10.2. The molecule has 94 valence electrons. The van der Waals surface area contributed by atoms with Gasteiger partial charge >= 0.3 is 0 Å². The molecule has 0 fully saturated rings. The summed E-state index contributed by atoms with van der Waals surface area (Å²) in [6.07, 6.45) is 2.57. The molecule has 0 atom stereocenters. The van der Waals surface area contributed by atoms with E-state index in [2.05, 4.69) is 5.32 Å². The molecule has 1 amide bonds. The second-order valence-corrected chi connectivity index (χ2v) is 4.08. The number of nitrogens with two attached hydrogens (primary N) is 1. The fraction of sp³-hybridized carbons (Fsp3) is 0.462. The lowest BCUT2D eigenvalue weighted by molar-refractivity contribution is 0.0953. The van der Waals surface area contributed by atoms with Crippen LogP contribution in [0.5, 0.6) is 0 Å². The number of hydrogen-bond donors (Lipinski definition) is 3. The van der Waals surface area contributed by atoms with Crippen LogP contribution in [0.3, 0.4) is 0 Å². The van der Waals surface area contributed by atoms with Gasteiger partial charge in [-0.1, -0.05) is 12.1 Å². The van der Waals surface area contributed by atoms with E-state index in [0.29, 0.717) is 17.8 Å². The number of amides is 1. The van der Waals surface area contributed by atoms with E-state index < -0.39 is 0 Å². The van der Waals surface area contributed by atoms with Crippen LogP contribution in [0.15, 0.2) is 18.2 Å². The molecule has 4 N–H and O–H groups in total. The number of anilines is 1. The van der Waals surface area contributed by atoms with E-state index in [1.807, 2.05) is 19.1 Å². The summed E-state index contributed by atoms with van der Waals surface area (Å²) in [5.41, 5.74) is 7.74. The number of hydrogen-bond acceptors (Lipinski definition) is 3. The molecule has 0 unspecified atom stereocenters. The molecule has 1 aromatic rings. The van der Waals surface area contributed by atoms with Crippen molar-refractivity contribution in [2.24, 2.45) is 0 Å². The smallest absolute Gasteiger partial charge is 0.253 e. The highest BCUT2D eigenvalue weighted by Crippen LogP contribution is 2.15. The van der Waals surface area contributed by atoms with Crippen LogP contribution in [0, 0.1) is 6.92 Å². The molecular formula is C13H20N2O2. The minimum absolute atomic E-state index is 0.121. The van der Waals surface area contributed by atoms with Crippen molar-refractivity contribution in [3.63, 3.8) is 0 Å². The number of aliphatic hydroxyl groups is 1. The molecule has 1 rings (SSSR count). The first-order valence-corrected chi connectivity index (χ1v) is 5.91. The van der Waals surface area contributed by atoms with Crippen LogP contribution in [0.25, 0.3) is 0 Å². The summed E-state index contributed by atoms with van der Waals surface area (Å²) in [6.45, 7) is 2.70. The summed E-state index contributed by atoms with van der Waals surface area (Å²) in [7, 11) is 0. The predicted molar refractivity (Wildman–Crippen MR) is 68.9 cm³/mol. The molecule has 4 heteroatoms. The molecule has 1 aromatic carbocycles. The van der Waals surface area contributed by atoms with E-state index in [1.165, 1.54) is 0 Å². The first-order valence-electron chi connectivity index (χ1n) is 5.91. The van der Waals surface area contributed by atoms with Gasteiger partial charge in [0.1, 0.15) is 0 Å². The lowest BCUT2D eigenvalue weighted by Crippen LogP contribution is -2.26. The molecule has 0 aromatic heterocycles. The molecule has 0 aliphatic carbocycles. The summed E-state index contributed by atoms with van der Waals surface area (Å²) < 4.78 is 0. The summed E-state index contributed by atoms with van der Waals surface area (Å²) in [5, 5.41) is 11.5. The molecule has 0 aliphatic heterocycles. The molecule has 0 bridgehead atoms. The van der Waals surface area contributed by atoms with E-state index in [9.17, 15) is 4.79 Å². The molecule has 0 saturated carbocycles. The van der Waals surface area contributed by atoms with Crippen LogP contribution in [0.2, 0.25) is 0 Å². The average Bonchev–Trinajstić information content (AvgIpc) is 2.28. The third kappa shape index (κ3) is 4.07. The van der Waals surface area contributed by atoms with Gasteiger partial charge in [0.05, 0.1) is 5.56 Å². The standard InChI is InChI=1S/C13H20N2O2/c1-10-6-5-7-11(14)12(10)13(17)15-8-3-2-4-9-16/h5-7,16H,2-4,8-9,14H2,1H3,(H,15,17). The Bertz CT molecular complexity index is 357. The SMILES string of the molecule is Cc1cccc(N)c1C(=O)NCCCCCO. The normalized spacial score (nSPS) is 10.2. The van der Waals surface area contributed by atoms with Gasteiger partial charge in [-0.25, -0.2) is 0 Å². The zero-order valence-corrected chi connectivity index (χ0v) is 10.2. The average molecular weight is 236 g/mol. The molecular weight excluding hydrogens is 216 g/mol. The number of benzene rings is 1. The van der Waals surface area contributed by atoms with Gasteiger partial charge in [0.2, 0.25) is 0 Å². The van der Waals surface area contributed by atoms with Gasteiger partial charge in [-0.05, 0) is 37.8 Å². The van der Waals surface area contributed by atoms with Crippen molar-refractivity contribution < 1.29 is 9.90 Å². The summed E-state index contributed by atoms with van der Waals surface area (Å²) in [5.74, 6) is -0.121. The highest BCUT2D eigenvalue weighted by atomic mass is 16.2. The Morgan fingerprint density at radius 1 is 1.35 bits per heavy atom. The minimum Gasteiger partial charge on any atom is -0.398 e. The molecule has 0 heterocycles. The minimum atomic E-state index is -0.121. The third-order valence-corrected chi connectivity index (χ3v) is 2.65. The highest BCUT2D eigenvalue weighted by Gasteiger charge is 2.11. The Kier molecular flexibility index (Phi) is 5.49. The van der Waals surface area contributed by atoms with Crippen molar-refractivity contribution in [3.8, 4) is 0 Å². The van der Waals surface area contributed by atoms with Gasteiger partial charge in [0, 0.05) is 18.8 Å². The van der Waals surface area contributed by atoms with Crippen molar-refractivity contribution in [1.82, 2.24) is 5.32 Å². The summed E-state index contributed by atoms with van der Waals surface area (Å²) in [4.78, 5) is 11.9. The van der Waals surface area contributed by atoms with Crippen LogP contribution >= 0.6 is 0 Å². The number of rotatable bonds is 6. The van der Waals surface area contributed by atoms with Crippen molar-refractivity contribution in [3.05, 3.63) is 29.3 Å². The number of nitrogen functional groups attached to an aromatic ring is 1. The Morgan fingerprint density at radius 3 is 2.76 bits per heavy atom. The maximum atomic E-state index is 11.9. The largest absolute Gasteiger partial charge is 0.398 e.